The first-order valence-electron chi connectivity index (χ1n) is 6.87. The number of carbonyl (C=O) groups is 1. The van der Waals surface area contributed by atoms with Gasteiger partial charge in [0.05, 0.1) is 6.07 Å². The van der Waals surface area contributed by atoms with Crippen molar-refractivity contribution in [3.63, 3.8) is 0 Å². The van der Waals surface area contributed by atoms with Gasteiger partial charge in [-0.1, -0.05) is 55.1 Å². The minimum Gasteiger partial charge on any atom is -0.480 e. The van der Waals surface area contributed by atoms with Crippen molar-refractivity contribution in [3.05, 3.63) is 71.8 Å². The SMILES string of the molecule is C=C1/C=C\C=C/C2CC(C#N)(C(=O)O)C1c1ccccc12. The average molecular weight is 277 g/mol. The van der Waals surface area contributed by atoms with E-state index in [9.17, 15) is 15.2 Å². The molecule has 21 heavy (non-hydrogen) atoms. The number of nitrogens with zero attached hydrogens (tertiary/aromatic N) is 1. The number of allylic oxidation sites excluding steroid dienone is 5. The molecular weight excluding hydrogens is 262 g/mol. The maximum Gasteiger partial charge on any atom is 0.325 e. The molecule has 3 unspecified atom stereocenters. The highest BCUT2D eigenvalue weighted by molar-refractivity contribution is 5.82. The summed E-state index contributed by atoms with van der Waals surface area (Å²) in [7, 11) is 0. The fourth-order valence-corrected chi connectivity index (χ4v) is 3.48. The Labute approximate surface area is 123 Å². The average Bonchev–Trinajstić information content (AvgIpc) is 2.60. The molecule has 0 saturated heterocycles. The highest BCUT2D eigenvalue weighted by Crippen LogP contribution is 2.54. The Bertz CT molecular complexity index is 723. The molecule has 2 aliphatic rings. The van der Waals surface area contributed by atoms with E-state index in [4.69, 9.17) is 0 Å². The van der Waals surface area contributed by atoms with Crippen molar-refractivity contribution >= 4 is 5.97 Å². The summed E-state index contributed by atoms with van der Waals surface area (Å²) in [6.45, 7) is 4.02. The first-order chi connectivity index (χ1) is 10.1. The summed E-state index contributed by atoms with van der Waals surface area (Å²) in [5, 5.41) is 19.4. The fourth-order valence-electron chi connectivity index (χ4n) is 3.48. The summed E-state index contributed by atoms with van der Waals surface area (Å²) in [5.74, 6) is -1.65. The van der Waals surface area contributed by atoms with E-state index in [1.54, 1.807) is 6.08 Å². The van der Waals surface area contributed by atoms with E-state index in [-0.39, 0.29) is 12.3 Å². The van der Waals surface area contributed by atoms with E-state index in [0.29, 0.717) is 5.57 Å². The number of aliphatic carboxylic acids is 1. The van der Waals surface area contributed by atoms with E-state index < -0.39 is 17.3 Å². The predicted molar refractivity (Wildman–Crippen MR) is 79.6 cm³/mol. The van der Waals surface area contributed by atoms with Crippen LogP contribution in [0.2, 0.25) is 0 Å². The molecule has 0 spiro atoms. The van der Waals surface area contributed by atoms with Gasteiger partial charge in [-0.3, -0.25) is 4.79 Å². The van der Waals surface area contributed by atoms with E-state index in [1.807, 2.05) is 42.5 Å². The van der Waals surface area contributed by atoms with Crippen LogP contribution in [0.1, 0.15) is 29.4 Å². The summed E-state index contributed by atoms with van der Waals surface area (Å²) in [6, 6.07) is 9.85. The van der Waals surface area contributed by atoms with Gasteiger partial charge in [-0.05, 0) is 23.1 Å². The van der Waals surface area contributed by atoms with E-state index in [2.05, 4.69) is 12.6 Å². The van der Waals surface area contributed by atoms with Gasteiger partial charge < -0.3 is 5.11 Å². The van der Waals surface area contributed by atoms with Gasteiger partial charge in [-0.2, -0.15) is 5.26 Å². The first kappa shape index (κ1) is 13.4. The van der Waals surface area contributed by atoms with Crippen LogP contribution in [0.3, 0.4) is 0 Å². The second-order valence-corrected chi connectivity index (χ2v) is 5.58. The van der Waals surface area contributed by atoms with Gasteiger partial charge in [0.2, 0.25) is 0 Å². The van der Waals surface area contributed by atoms with Gasteiger partial charge >= 0.3 is 5.97 Å². The Morgan fingerprint density at radius 1 is 1.33 bits per heavy atom. The van der Waals surface area contributed by atoms with E-state index in [0.717, 1.165) is 11.1 Å². The lowest BCUT2D eigenvalue weighted by Gasteiger charge is -2.40. The smallest absolute Gasteiger partial charge is 0.325 e. The Morgan fingerprint density at radius 3 is 2.71 bits per heavy atom. The van der Waals surface area contributed by atoms with Crippen molar-refractivity contribution in [1.29, 1.82) is 5.26 Å². The molecule has 0 saturated carbocycles. The van der Waals surface area contributed by atoms with Crippen molar-refractivity contribution in [2.45, 2.75) is 18.3 Å². The largest absolute Gasteiger partial charge is 0.480 e. The highest BCUT2D eigenvalue weighted by Gasteiger charge is 2.53. The molecule has 3 rings (SSSR count). The fraction of sp³-hybridized carbons (Fsp3) is 0.222. The number of benzene rings is 1. The van der Waals surface area contributed by atoms with Gasteiger partial charge in [0.25, 0.3) is 0 Å². The van der Waals surface area contributed by atoms with Gasteiger partial charge in [0.15, 0.2) is 5.41 Å². The molecule has 1 aromatic rings. The number of rotatable bonds is 1. The molecule has 0 aromatic heterocycles. The molecule has 3 heteroatoms. The van der Waals surface area contributed by atoms with Crippen molar-refractivity contribution in [1.82, 2.24) is 0 Å². The van der Waals surface area contributed by atoms with Gasteiger partial charge in [0, 0.05) is 11.8 Å². The molecule has 0 heterocycles. The standard InChI is InChI=1S/C18H15NO2/c1-12-6-2-3-7-13-10-18(11-19,17(20)21)16(12)15-9-5-4-8-14(13)15/h2-9,13,16H,1,10H2,(H,20,21)/b6-2-,7-3-. The summed E-state index contributed by atoms with van der Waals surface area (Å²) >= 11 is 0. The van der Waals surface area contributed by atoms with Crippen molar-refractivity contribution in [2.75, 3.05) is 0 Å². The normalized spacial score (nSPS) is 33.0. The number of nitriles is 1. The Morgan fingerprint density at radius 2 is 2.05 bits per heavy atom. The lowest BCUT2D eigenvalue weighted by atomic mass is 9.59. The zero-order valence-corrected chi connectivity index (χ0v) is 11.5. The molecule has 0 fully saturated rings. The monoisotopic (exact) mass is 277 g/mol. The molecule has 0 aliphatic heterocycles. The quantitative estimate of drug-likeness (QED) is 0.854. The molecule has 104 valence electrons. The second kappa shape index (κ2) is 4.75. The van der Waals surface area contributed by atoms with Crippen LogP contribution < -0.4 is 0 Å². The Balaban J connectivity index is 2.35. The summed E-state index contributed by atoms with van der Waals surface area (Å²) in [5.41, 5.74) is 1.20. The van der Waals surface area contributed by atoms with Crippen LogP contribution >= 0.6 is 0 Å². The minimum absolute atomic E-state index is 0.0660. The lowest BCUT2D eigenvalue weighted by molar-refractivity contribution is -0.147. The molecule has 2 aliphatic carbocycles. The molecule has 3 nitrogen and oxygen atoms in total. The van der Waals surface area contributed by atoms with Gasteiger partial charge in [-0.25, -0.2) is 0 Å². The maximum atomic E-state index is 11.9. The topological polar surface area (TPSA) is 61.1 Å². The van der Waals surface area contributed by atoms with Gasteiger partial charge in [-0.15, -0.1) is 0 Å². The van der Waals surface area contributed by atoms with Crippen LogP contribution in [-0.2, 0) is 4.79 Å². The number of fused-ring (bicyclic) bond motifs is 6. The molecule has 0 amide bonds. The number of hydrogen-bond acceptors (Lipinski definition) is 2. The van der Waals surface area contributed by atoms with Crippen LogP contribution in [0.15, 0.2) is 60.7 Å². The lowest BCUT2D eigenvalue weighted by Crippen LogP contribution is -2.41. The molecule has 2 bridgehead atoms. The van der Waals surface area contributed by atoms with Crippen LogP contribution in [0, 0.1) is 16.7 Å². The number of carboxylic acid groups (broad SMARTS) is 1. The molecule has 1 aromatic carbocycles. The number of carboxylic acids is 1. The Hall–Kier alpha value is -2.60. The summed E-state index contributed by atoms with van der Waals surface area (Å²) < 4.78 is 0. The highest BCUT2D eigenvalue weighted by atomic mass is 16.4. The molecule has 3 atom stereocenters. The maximum absolute atomic E-state index is 11.9. The van der Waals surface area contributed by atoms with Crippen molar-refractivity contribution in [3.8, 4) is 6.07 Å². The van der Waals surface area contributed by atoms with Crippen LogP contribution in [0.5, 0.6) is 0 Å². The van der Waals surface area contributed by atoms with Crippen molar-refractivity contribution < 1.29 is 9.90 Å². The first-order valence-corrected chi connectivity index (χ1v) is 6.87. The minimum atomic E-state index is -1.46. The predicted octanol–water partition coefficient (Wildman–Crippen LogP) is 3.53. The van der Waals surface area contributed by atoms with E-state index in [1.165, 1.54) is 0 Å². The zero-order valence-electron chi connectivity index (χ0n) is 11.5. The zero-order chi connectivity index (χ0) is 15.0. The molecule has 0 radical (unpaired) electrons. The second-order valence-electron chi connectivity index (χ2n) is 5.58. The summed E-state index contributed by atoms with van der Waals surface area (Å²) in [6.07, 6.45) is 7.82. The van der Waals surface area contributed by atoms with Crippen LogP contribution in [0.25, 0.3) is 0 Å². The molecular formula is C18H15NO2. The third-order valence-corrected chi connectivity index (χ3v) is 4.46. The van der Waals surface area contributed by atoms with Crippen molar-refractivity contribution in [2.24, 2.45) is 5.41 Å². The molecule has 1 N–H and O–H groups in total. The number of hydrogen-bond donors (Lipinski definition) is 1. The summed E-state index contributed by atoms with van der Waals surface area (Å²) in [4.78, 5) is 11.9. The Kier molecular flexibility index (Phi) is 3.03. The third-order valence-electron chi connectivity index (χ3n) is 4.46. The van der Waals surface area contributed by atoms with Crippen LogP contribution in [-0.4, -0.2) is 11.1 Å². The van der Waals surface area contributed by atoms with E-state index >= 15 is 0 Å². The third kappa shape index (κ3) is 1.84. The van der Waals surface area contributed by atoms with Crippen LogP contribution in [0.4, 0.5) is 0 Å². The van der Waals surface area contributed by atoms with Gasteiger partial charge in [0.1, 0.15) is 0 Å².